The minimum absolute atomic E-state index is 0.0182. The van der Waals surface area contributed by atoms with E-state index in [0.717, 1.165) is 29.3 Å². The van der Waals surface area contributed by atoms with Crippen molar-refractivity contribution in [2.75, 3.05) is 6.54 Å². The molecule has 1 atom stereocenters. The summed E-state index contributed by atoms with van der Waals surface area (Å²) in [5, 5.41) is 6.32. The molecular weight excluding hydrogens is 382 g/mol. The Hall–Kier alpha value is -1.80. The van der Waals surface area contributed by atoms with Crippen LogP contribution in [0.15, 0.2) is 45.2 Å². The molecule has 1 unspecified atom stereocenters. The standard InChI is InChI=1S/C19H17N3OS3/c1-12-11-26-19-20-13(9-17(23)22(12)19)10-21-6-4-15-14(5-8-25-15)18(21)16-3-2-7-24-16/h2-3,5,7-9,11,18H,4,6,10H2,1H3. The quantitative estimate of drug-likeness (QED) is 0.514. The number of thiophene rings is 2. The summed E-state index contributed by atoms with van der Waals surface area (Å²) in [7, 11) is 0. The Morgan fingerprint density at radius 1 is 1.23 bits per heavy atom. The fourth-order valence-corrected chi connectivity index (χ4v) is 6.38. The SMILES string of the molecule is Cc1csc2nc(CN3CCc4sccc4C3c3cccs3)cc(=O)n12. The molecule has 26 heavy (non-hydrogen) atoms. The first kappa shape index (κ1) is 16.4. The van der Waals surface area contributed by atoms with E-state index in [1.54, 1.807) is 21.8 Å². The van der Waals surface area contributed by atoms with Gasteiger partial charge in [0.25, 0.3) is 5.56 Å². The highest BCUT2D eigenvalue weighted by molar-refractivity contribution is 7.15. The number of thiazole rings is 1. The molecule has 1 aliphatic rings. The molecule has 0 fully saturated rings. The Labute approximate surface area is 163 Å². The van der Waals surface area contributed by atoms with Gasteiger partial charge in [-0.25, -0.2) is 4.98 Å². The van der Waals surface area contributed by atoms with E-state index in [4.69, 9.17) is 4.98 Å². The molecule has 0 bridgehead atoms. The third-order valence-electron chi connectivity index (χ3n) is 4.87. The van der Waals surface area contributed by atoms with E-state index in [2.05, 4.69) is 33.9 Å². The van der Waals surface area contributed by atoms with Crippen molar-refractivity contribution >= 4 is 39.0 Å². The van der Waals surface area contributed by atoms with Crippen LogP contribution in [-0.2, 0) is 13.0 Å². The number of fused-ring (bicyclic) bond motifs is 2. The van der Waals surface area contributed by atoms with Gasteiger partial charge >= 0.3 is 0 Å². The fraction of sp³-hybridized carbons (Fsp3) is 0.263. The first-order valence-corrected chi connectivity index (χ1v) is 11.1. The summed E-state index contributed by atoms with van der Waals surface area (Å²) < 4.78 is 1.69. The second-order valence-electron chi connectivity index (χ2n) is 6.52. The summed E-state index contributed by atoms with van der Waals surface area (Å²) in [5.41, 5.74) is 3.24. The minimum atomic E-state index is 0.0182. The third kappa shape index (κ3) is 2.66. The smallest absolute Gasteiger partial charge is 0.259 e. The summed E-state index contributed by atoms with van der Waals surface area (Å²) in [6.07, 6.45) is 1.06. The summed E-state index contributed by atoms with van der Waals surface area (Å²) in [6, 6.07) is 8.54. The third-order valence-corrected chi connectivity index (χ3v) is 7.74. The Kier molecular flexibility index (Phi) is 4.04. The molecule has 4 aromatic heterocycles. The van der Waals surface area contributed by atoms with Crippen LogP contribution in [0.5, 0.6) is 0 Å². The average molecular weight is 400 g/mol. The number of aryl methyl sites for hydroxylation is 1. The molecule has 0 amide bonds. The Morgan fingerprint density at radius 2 is 2.15 bits per heavy atom. The second kappa shape index (κ2) is 6.42. The highest BCUT2D eigenvalue weighted by Crippen LogP contribution is 2.39. The maximum Gasteiger partial charge on any atom is 0.259 e. The molecule has 4 aromatic rings. The molecule has 4 nitrogen and oxygen atoms in total. The van der Waals surface area contributed by atoms with Crippen molar-refractivity contribution in [1.29, 1.82) is 0 Å². The highest BCUT2D eigenvalue weighted by Gasteiger charge is 2.30. The number of nitrogens with zero attached hydrogens (tertiary/aromatic N) is 3. The van der Waals surface area contributed by atoms with E-state index in [-0.39, 0.29) is 11.6 Å². The molecule has 0 N–H and O–H groups in total. The van der Waals surface area contributed by atoms with Crippen LogP contribution in [0, 0.1) is 6.92 Å². The number of rotatable bonds is 3. The van der Waals surface area contributed by atoms with Crippen molar-refractivity contribution in [2.24, 2.45) is 0 Å². The van der Waals surface area contributed by atoms with E-state index in [1.165, 1.54) is 26.7 Å². The summed E-state index contributed by atoms with van der Waals surface area (Å²) in [4.78, 5) is 23.3. The summed E-state index contributed by atoms with van der Waals surface area (Å²) in [6.45, 7) is 3.63. The van der Waals surface area contributed by atoms with Gasteiger partial charge in [0, 0.05) is 40.0 Å². The number of hydrogen-bond acceptors (Lipinski definition) is 6. The lowest BCUT2D eigenvalue weighted by molar-refractivity contribution is 0.206. The monoisotopic (exact) mass is 399 g/mol. The van der Waals surface area contributed by atoms with Crippen molar-refractivity contribution in [3.63, 3.8) is 0 Å². The molecule has 0 spiro atoms. The van der Waals surface area contributed by atoms with Gasteiger partial charge in [0.15, 0.2) is 4.96 Å². The lowest BCUT2D eigenvalue weighted by Gasteiger charge is -2.35. The number of aromatic nitrogens is 2. The minimum Gasteiger partial charge on any atom is -0.285 e. The van der Waals surface area contributed by atoms with Gasteiger partial charge in [0.2, 0.25) is 0 Å². The van der Waals surface area contributed by atoms with Crippen LogP contribution in [0.25, 0.3) is 4.96 Å². The van der Waals surface area contributed by atoms with Crippen molar-refractivity contribution in [3.8, 4) is 0 Å². The van der Waals surface area contributed by atoms with Gasteiger partial charge in [-0.1, -0.05) is 6.07 Å². The largest absolute Gasteiger partial charge is 0.285 e. The maximum atomic E-state index is 12.5. The first-order valence-electron chi connectivity index (χ1n) is 8.51. The predicted octanol–water partition coefficient (Wildman–Crippen LogP) is 4.34. The molecule has 0 aromatic carbocycles. The molecule has 0 radical (unpaired) electrons. The first-order chi connectivity index (χ1) is 12.7. The zero-order valence-electron chi connectivity index (χ0n) is 14.2. The molecule has 132 valence electrons. The zero-order valence-corrected chi connectivity index (χ0v) is 16.7. The lowest BCUT2D eigenvalue weighted by atomic mass is 9.98. The van der Waals surface area contributed by atoms with Crippen molar-refractivity contribution < 1.29 is 0 Å². The molecule has 7 heteroatoms. The predicted molar refractivity (Wildman–Crippen MR) is 109 cm³/mol. The van der Waals surface area contributed by atoms with Gasteiger partial charge < -0.3 is 0 Å². The van der Waals surface area contributed by atoms with Crippen LogP contribution >= 0.6 is 34.0 Å². The van der Waals surface area contributed by atoms with Gasteiger partial charge in [-0.05, 0) is 41.8 Å². The van der Waals surface area contributed by atoms with Crippen LogP contribution in [0.1, 0.15) is 32.7 Å². The maximum absolute atomic E-state index is 12.5. The Morgan fingerprint density at radius 3 is 3.00 bits per heavy atom. The lowest BCUT2D eigenvalue weighted by Crippen LogP contribution is -2.35. The van der Waals surface area contributed by atoms with Crippen molar-refractivity contribution in [2.45, 2.75) is 25.9 Å². The summed E-state index contributed by atoms with van der Waals surface area (Å²) >= 11 is 5.18. The Bertz CT molecular complexity index is 1120. The van der Waals surface area contributed by atoms with Gasteiger partial charge in [-0.3, -0.25) is 14.1 Å². The van der Waals surface area contributed by atoms with Crippen LogP contribution in [0.4, 0.5) is 0 Å². The second-order valence-corrected chi connectivity index (χ2v) is 9.33. The van der Waals surface area contributed by atoms with Gasteiger partial charge in [-0.2, -0.15) is 0 Å². The van der Waals surface area contributed by atoms with E-state index in [9.17, 15) is 4.79 Å². The topological polar surface area (TPSA) is 37.6 Å². The van der Waals surface area contributed by atoms with Gasteiger partial charge in [-0.15, -0.1) is 34.0 Å². The molecule has 0 saturated heterocycles. The fourth-order valence-electron chi connectivity index (χ4n) is 3.71. The van der Waals surface area contributed by atoms with Crippen LogP contribution in [-0.4, -0.2) is 20.8 Å². The van der Waals surface area contributed by atoms with Crippen molar-refractivity contribution in [3.05, 3.63) is 77.5 Å². The molecular formula is C19H17N3OS3. The van der Waals surface area contributed by atoms with E-state index >= 15 is 0 Å². The average Bonchev–Trinajstić information content (AvgIpc) is 3.35. The van der Waals surface area contributed by atoms with Gasteiger partial charge in [0.05, 0.1) is 11.7 Å². The molecule has 0 aliphatic carbocycles. The zero-order chi connectivity index (χ0) is 17.7. The van der Waals surface area contributed by atoms with E-state index in [1.807, 2.05) is 23.6 Å². The Balaban J connectivity index is 1.54. The van der Waals surface area contributed by atoms with Crippen LogP contribution in [0.2, 0.25) is 0 Å². The molecule has 1 aliphatic heterocycles. The molecule has 5 rings (SSSR count). The van der Waals surface area contributed by atoms with Crippen LogP contribution in [0.3, 0.4) is 0 Å². The molecule has 5 heterocycles. The molecule has 0 saturated carbocycles. The van der Waals surface area contributed by atoms with Crippen LogP contribution < -0.4 is 5.56 Å². The normalized spacial score (nSPS) is 17.7. The number of hydrogen-bond donors (Lipinski definition) is 0. The van der Waals surface area contributed by atoms with E-state index in [0.29, 0.717) is 6.54 Å². The summed E-state index contributed by atoms with van der Waals surface area (Å²) in [5.74, 6) is 0. The van der Waals surface area contributed by atoms with E-state index < -0.39 is 0 Å². The van der Waals surface area contributed by atoms with Crippen molar-refractivity contribution in [1.82, 2.24) is 14.3 Å². The highest BCUT2D eigenvalue weighted by atomic mass is 32.1. The van der Waals surface area contributed by atoms with Gasteiger partial charge in [0.1, 0.15) is 0 Å².